The molecule has 2 aromatic carbocycles. The van der Waals surface area contributed by atoms with E-state index in [0.29, 0.717) is 19.4 Å². The Morgan fingerprint density at radius 1 is 1.00 bits per heavy atom. The van der Waals surface area contributed by atoms with Gasteiger partial charge in [-0.25, -0.2) is 0 Å². The first-order valence-corrected chi connectivity index (χ1v) is 8.80. The van der Waals surface area contributed by atoms with E-state index in [2.05, 4.69) is 11.4 Å². The molecule has 2 aliphatic rings. The van der Waals surface area contributed by atoms with Crippen molar-refractivity contribution in [1.82, 2.24) is 0 Å². The van der Waals surface area contributed by atoms with Gasteiger partial charge in [0.05, 0.1) is 0 Å². The fourth-order valence-corrected chi connectivity index (χ4v) is 3.72. The number of nitrogens with one attached hydrogen (secondary N) is 1. The second-order valence-corrected chi connectivity index (χ2v) is 7.14. The molecule has 2 amide bonds. The molecule has 0 atom stereocenters. The molecular weight excluding hydrogens is 312 g/mol. The van der Waals surface area contributed by atoms with Crippen molar-refractivity contribution in [3.63, 3.8) is 0 Å². The highest BCUT2D eigenvalue weighted by molar-refractivity contribution is 6.18. The van der Waals surface area contributed by atoms with E-state index < -0.39 is 5.41 Å². The van der Waals surface area contributed by atoms with Crippen molar-refractivity contribution in [3.05, 3.63) is 59.2 Å². The highest BCUT2D eigenvalue weighted by atomic mass is 16.2. The molecule has 0 unspecified atom stereocenters. The van der Waals surface area contributed by atoms with Crippen LogP contribution in [0.2, 0.25) is 0 Å². The van der Waals surface area contributed by atoms with Crippen molar-refractivity contribution in [2.24, 2.45) is 5.41 Å². The molecule has 0 aromatic heterocycles. The summed E-state index contributed by atoms with van der Waals surface area (Å²) in [5, 5.41) is 3.02. The van der Waals surface area contributed by atoms with Crippen LogP contribution in [0, 0.1) is 19.3 Å². The maximum absolute atomic E-state index is 13.2. The average molecular weight is 334 g/mol. The van der Waals surface area contributed by atoms with Crippen LogP contribution in [0.25, 0.3) is 0 Å². The van der Waals surface area contributed by atoms with E-state index in [-0.39, 0.29) is 11.8 Å². The number of hydrogen-bond donors (Lipinski definition) is 1. The van der Waals surface area contributed by atoms with Gasteiger partial charge in [0, 0.05) is 17.9 Å². The van der Waals surface area contributed by atoms with E-state index in [1.165, 1.54) is 5.56 Å². The molecule has 1 heterocycles. The molecule has 0 spiro atoms. The SMILES string of the molecule is Cc1cccc(C)c1NC(=O)C1(C(=O)N2CCc3ccccc32)CC1. The Kier molecular flexibility index (Phi) is 3.64. The van der Waals surface area contributed by atoms with Crippen LogP contribution < -0.4 is 10.2 Å². The highest BCUT2D eigenvalue weighted by Crippen LogP contribution is 2.50. The fourth-order valence-electron chi connectivity index (χ4n) is 3.72. The number of anilines is 2. The summed E-state index contributed by atoms with van der Waals surface area (Å²) in [6.45, 7) is 4.61. The van der Waals surface area contributed by atoms with Crippen LogP contribution in [-0.2, 0) is 16.0 Å². The topological polar surface area (TPSA) is 49.4 Å². The zero-order valence-electron chi connectivity index (χ0n) is 14.6. The third-order valence-corrected chi connectivity index (χ3v) is 5.45. The molecule has 1 fully saturated rings. The summed E-state index contributed by atoms with van der Waals surface area (Å²) < 4.78 is 0. The number of aryl methyl sites for hydroxylation is 2. The van der Waals surface area contributed by atoms with Gasteiger partial charge in [0.1, 0.15) is 5.41 Å². The van der Waals surface area contributed by atoms with E-state index in [9.17, 15) is 9.59 Å². The summed E-state index contributed by atoms with van der Waals surface area (Å²) in [4.78, 5) is 27.9. The highest BCUT2D eigenvalue weighted by Gasteiger charge is 2.58. The van der Waals surface area contributed by atoms with Crippen molar-refractivity contribution in [2.45, 2.75) is 33.1 Å². The van der Waals surface area contributed by atoms with E-state index >= 15 is 0 Å². The maximum atomic E-state index is 13.2. The molecule has 1 aliphatic carbocycles. The lowest BCUT2D eigenvalue weighted by Crippen LogP contribution is -2.42. The molecule has 0 saturated heterocycles. The van der Waals surface area contributed by atoms with E-state index in [0.717, 1.165) is 28.9 Å². The number of carbonyl (C=O) groups is 2. The monoisotopic (exact) mass is 334 g/mol. The summed E-state index contributed by atoms with van der Waals surface area (Å²) in [5.41, 5.74) is 4.10. The summed E-state index contributed by atoms with van der Waals surface area (Å²) >= 11 is 0. The molecule has 0 bridgehead atoms. The van der Waals surface area contributed by atoms with Crippen LogP contribution in [0.5, 0.6) is 0 Å². The molecule has 25 heavy (non-hydrogen) atoms. The van der Waals surface area contributed by atoms with Gasteiger partial charge in [0.2, 0.25) is 11.8 Å². The summed E-state index contributed by atoms with van der Waals surface area (Å²) in [7, 11) is 0. The minimum atomic E-state index is -0.897. The van der Waals surface area contributed by atoms with Gasteiger partial charge in [0.15, 0.2) is 0 Å². The Balaban J connectivity index is 1.58. The number of fused-ring (bicyclic) bond motifs is 1. The first-order chi connectivity index (χ1) is 12.0. The molecule has 1 aliphatic heterocycles. The Labute approximate surface area is 147 Å². The van der Waals surface area contributed by atoms with Gasteiger partial charge in [-0.1, -0.05) is 36.4 Å². The van der Waals surface area contributed by atoms with Gasteiger partial charge in [0.25, 0.3) is 0 Å². The standard InChI is InChI=1S/C21H22N2O2/c1-14-6-5-7-15(2)18(14)22-19(24)21(11-12-21)20(25)23-13-10-16-8-3-4-9-17(16)23/h3-9H,10-13H2,1-2H3,(H,22,24). The quantitative estimate of drug-likeness (QED) is 0.872. The maximum Gasteiger partial charge on any atom is 0.242 e. The molecule has 2 aromatic rings. The Morgan fingerprint density at radius 2 is 1.68 bits per heavy atom. The number of nitrogens with zero attached hydrogens (tertiary/aromatic N) is 1. The molecular formula is C21H22N2O2. The average Bonchev–Trinajstić information content (AvgIpc) is 3.31. The molecule has 1 N–H and O–H groups in total. The minimum absolute atomic E-state index is 0.0545. The number of hydrogen-bond acceptors (Lipinski definition) is 2. The lowest BCUT2D eigenvalue weighted by atomic mass is 10.0. The third-order valence-electron chi connectivity index (χ3n) is 5.45. The fraction of sp³-hybridized carbons (Fsp3) is 0.333. The van der Waals surface area contributed by atoms with Crippen molar-refractivity contribution >= 4 is 23.2 Å². The molecule has 1 saturated carbocycles. The lowest BCUT2D eigenvalue weighted by molar-refractivity contribution is -0.132. The van der Waals surface area contributed by atoms with Gasteiger partial charge in [-0.2, -0.15) is 0 Å². The number of carbonyl (C=O) groups excluding carboxylic acids is 2. The normalized spacial score (nSPS) is 17.1. The second-order valence-electron chi connectivity index (χ2n) is 7.14. The van der Waals surface area contributed by atoms with Crippen molar-refractivity contribution in [1.29, 1.82) is 0 Å². The molecule has 4 heteroatoms. The van der Waals surface area contributed by atoms with E-state index in [1.807, 2.05) is 50.2 Å². The third kappa shape index (κ3) is 2.53. The Morgan fingerprint density at radius 3 is 2.36 bits per heavy atom. The predicted molar refractivity (Wildman–Crippen MR) is 98.7 cm³/mol. The first kappa shape index (κ1) is 15.9. The molecule has 0 radical (unpaired) electrons. The predicted octanol–water partition coefficient (Wildman–Crippen LogP) is 3.61. The first-order valence-electron chi connectivity index (χ1n) is 8.80. The van der Waals surface area contributed by atoms with Crippen molar-refractivity contribution in [2.75, 3.05) is 16.8 Å². The zero-order valence-corrected chi connectivity index (χ0v) is 14.6. The van der Waals surface area contributed by atoms with Gasteiger partial charge >= 0.3 is 0 Å². The number of benzene rings is 2. The zero-order chi connectivity index (χ0) is 17.6. The lowest BCUT2D eigenvalue weighted by Gasteiger charge is -2.24. The van der Waals surface area contributed by atoms with E-state index in [1.54, 1.807) is 4.90 Å². The second kappa shape index (κ2) is 5.73. The van der Waals surface area contributed by atoms with Crippen molar-refractivity contribution in [3.8, 4) is 0 Å². The Hall–Kier alpha value is -2.62. The van der Waals surface area contributed by atoms with Gasteiger partial charge in [-0.3, -0.25) is 9.59 Å². The van der Waals surface area contributed by atoms with Gasteiger partial charge in [-0.05, 0) is 55.9 Å². The van der Waals surface area contributed by atoms with Crippen LogP contribution in [0.1, 0.15) is 29.5 Å². The smallest absolute Gasteiger partial charge is 0.242 e. The molecule has 4 nitrogen and oxygen atoms in total. The van der Waals surface area contributed by atoms with E-state index in [4.69, 9.17) is 0 Å². The number of rotatable bonds is 3. The van der Waals surface area contributed by atoms with Crippen LogP contribution in [0.4, 0.5) is 11.4 Å². The summed E-state index contributed by atoms with van der Waals surface area (Å²) in [5.74, 6) is -0.222. The van der Waals surface area contributed by atoms with Gasteiger partial charge < -0.3 is 10.2 Å². The van der Waals surface area contributed by atoms with Crippen LogP contribution in [0.15, 0.2) is 42.5 Å². The van der Waals surface area contributed by atoms with Crippen LogP contribution in [0.3, 0.4) is 0 Å². The van der Waals surface area contributed by atoms with Crippen LogP contribution >= 0.6 is 0 Å². The molecule has 4 rings (SSSR count). The minimum Gasteiger partial charge on any atom is -0.325 e. The summed E-state index contributed by atoms with van der Waals surface area (Å²) in [6, 6.07) is 13.9. The van der Waals surface area contributed by atoms with Gasteiger partial charge in [-0.15, -0.1) is 0 Å². The largest absolute Gasteiger partial charge is 0.325 e. The molecule has 128 valence electrons. The van der Waals surface area contributed by atoms with Crippen molar-refractivity contribution < 1.29 is 9.59 Å². The number of para-hydroxylation sites is 2. The Bertz CT molecular complexity index is 848. The van der Waals surface area contributed by atoms with Crippen LogP contribution in [-0.4, -0.2) is 18.4 Å². The summed E-state index contributed by atoms with van der Waals surface area (Å²) in [6.07, 6.45) is 2.11. The number of amides is 2.